The van der Waals surface area contributed by atoms with Crippen LogP contribution in [-0.4, -0.2) is 36.4 Å². The number of hydrogen-bond acceptors (Lipinski definition) is 6. The molecule has 0 radical (unpaired) electrons. The van der Waals surface area contributed by atoms with Gasteiger partial charge in [-0.1, -0.05) is 50.7 Å². The van der Waals surface area contributed by atoms with Gasteiger partial charge in [0, 0.05) is 12.1 Å². The van der Waals surface area contributed by atoms with Crippen LogP contribution in [0.5, 0.6) is 0 Å². The molecule has 1 aromatic carbocycles. The molecule has 1 aromatic rings. The Morgan fingerprint density at radius 1 is 1.07 bits per heavy atom. The second-order valence-corrected chi connectivity index (χ2v) is 9.82. The minimum absolute atomic E-state index is 0.0234. The summed E-state index contributed by atoms with van der Waals surface area (Å²) >= 11 is 0. The van der Waals surface area contributed by atoms with Crippen molar-refractivity contribution in [1.82, 2.24) is 4.31 Å². The molecule has 2 fully saturated rings. The molecule has 0 unspecified atom stereocenters. The van der Waals surface area contributed by atoms with Gasteiger partial charge in [0.1, 0.15) is 11.0 Å². The molecule has 2 saturated carbocycles. The van der Waals surface area contributed by atoms with Crippen LogP contribution in [0.1, 0.15) is 64.2 Å². The molecule has 0 saturated heterocycles. The smallest absolute Gasteiger partial charge is 0.245 e. The Bertz CT molecular complexity index is 907. The van der Waals surface area contributed by atoms with Crippen molar-refractivity contribution in [2.24, 2.45) is 10.8 Å². The highest BCUT2D eigenvalue weighted by atomic mass is 32.2. The number of para-hydroxylation sites is 1. The van der Waals surface area contributed by atoms with E-state index in [0.717, 1.165) is 64.2 Å². The van der Waals surface area contributed by atoms with E-state index in [2.05, 4.69) is 10.5 Å². The highest BCUT2D eigenvalue weighted by molar-refractivity contribution is 7.89. The summed E-state index contributed by atoms with van der Waals surface area (Å²) in [7, 11) is -3.77. The normalized spacial score (nSPS) is 19.4. The van der Waals surface area contributed by atoms with Crippen molar-refractivity contribution in [3.8, 4) is 6.07 Å². The van der Waals surface area contributed by atoms with E-state index in [1.165, 1.54) is 0 Å². The minimum Gasteiger partial charge on any atom is -0.382 e. The maximum absolute atomic E-state index is 13.9. The van der Waals surface area contributed by atoms with Crippen LogP contribution in [-0.2, 0) is 10.0 Å². The Kier molecular flexibility index (Phi) is 7.45. The summed E-state index contributed by atoms with van der Waals surface area (Å²) in [5, 5.41) is 20.3. The van der Waals surface area contributed by atoms with E-state index in [0.29, 0.717) is 0 Å². The van der Waals surface area contributed by atoms with Crippen LogP contribution in [0.4, 0.5) is 5.69 Å². The SMILES string of the molecule is N#C/C(=N\Nc1ccccc1S(=O)(=O)N(C1CCCCC1)C1CCCCC1)C(=N)N. The number of nitrogens with one attached hydrogen (secondary N) is 2. The van der Waals surface area contributed by atoms with E-state index in [1.807, 2.05) is 0 Å². The van der Waals surface area contributed by atoms with Crippen LogP contribution >= 0.6 is 0 Å². The predicted molar refractivity (Wildman–Crippen MR) is 118 cm³/mol. The average molecular weight is 431 g/mol. The highest BCUT2D eigenvalue weighted by Crippen LogP contribution is 2.36. The predicted octanol–water partition coefficient (Wildman–Crippen LogP) is 3.57. The van der Waals surface area contributed by atoms with E-state index < -0.39 is 15.9 Å². The van der Waals surface area contributed by atoms with E-state index in [-0.39, 0.29) is 28.4 Å². The fourth-order valence-corrected chi connectivity index (χ4v) is 6.60. The molecule has 2 aliphatic rings. The first kappa shape index (κ1) is 22.2. The number of amidine groups is 1. The van der Waals surface area contributed by atoms with Gasteiger partial charge >= 0.3 is 0 Å². The Hall–Kier alpha value is -2.44. The summed E-state index contributed by atoms with van der Waals surface area (Å²) < 4.78 is 29.6. The standard InChI is InChI=1S/C21H30N6O2S/c22-15-19(21(23)24)26-25-18-13-7-8-14-20(18)30(28,29)27(16-9-3-1-4-10-16)17-11-5-2-6-12-17/h7-8,13-14,16-17,25H,1-6,9-12H2,(H3,23,24)/b26-19+. The molecule has 4 N–H and O–H groups in total. The number of anilines is 1. The van der Waals surface area contributed by atoms with Crippen LogP contribution < -0.4 is 11.2 Å². The third-order valence-electron chi connectivity index (χ3n) is 5.96. The van der Waals surface area contributed by atoms with Gasteiger partial charge in [0.05, 0.1) is 5.69 Å². The summed E-state index contributed by atoms with van der Waals surface area (Å²) in [6.45, 7) is 0. The lowest BCUT2D eigenvalue weighted by atomic mass is 9.91. The zero-order valence-corrected chi connectivity index (χ0v) is 18.0. The van der Waals surface area contributed by atoms with Crippen molar-refractivity contribution >= 4 is 27.3 Å². The molecule has 30 heavy (non-hydrogen) atoms. The Morgan fingerprint density at radius 3 is 2.10 bits per heavy atom. The molecule has 0 amide bonds. The van der Waals surface area contributed by atoms with E-state index in [4.69, 9.17) is 16.4 Å². The van der Waals surface area contributed by atoms with Crippen molar-refractivity contribution in [2.45, 2.75) is 81.2 Å². The number of rotatable bonds is 7. The third kappa shape index (κ3) is 4.99. The monoisotopic (exact) mass is 430 g/mol. The maximum atomic E-state index is 13.9. The molecule has 0 atom stereocenters. The molecular weight excluding hydrogens is 400 g/mol. The fourth-order valence-electron chi connectivity index (χ4n) is 4.52. The number of sulfonamides is 1. The van der Waals surface area contributed by atoms with E-state index in [1.54, 1.807) is 34.6 Å². The second-order valence-electron chi connectivity index (χ2n) is 8.01. The zero-order valence-electron chi connectivity index (χ0n) is 17.2. The van der Waals surface area contributed by atoms with Crippen molar-refractivity contribution in [1.29, 1.82) is 10.7 Å². The molecule has 9 heteroatoms. The summed E-state index contributed by atoms with van der Waals surface area (Å²) in [5.74, 6) is -0.476. The molecule has 0 aromatic heterocycles. The number of hydrogen-bond donors (Lipinski definition) is 3. The second kappa shape index (κ2) is 10.0. The lowest BCUT2D eigenvalue weighted by Gasteiger charge is -2.40. The summed E-state index contributed by atoms with van der Waals surface area (Å²) in [6.07, 6.45) is 10.1. The summed E-state index contributed by atoms with van der Waals surface area (Å²) in [6, 6.07) is 8.38. The molecule has 8 nitrogen and oxygen atoms in total. The molecular formula is C21H30N6O2S. The Balaban J connectivity index is 1.98. The molecule has 0 bridgehead atoms. The molecule has 0 heterocycles. The quantitative estimate of drug-likeness (QED) is 0.345. The van der Waals surface area contributed by atoms with Crippen molar-refractivity contribution < 1.29 is 8.42 Å². The van der Waals surface area contributed by atoms with Crippen LogP contribution in [0.2, 0.25) is 0 Å². The molecule has 0 aliphatic heterocycles. The van der Waals surface area contributed by atoms with Crippen LogP contribution in [0, 0.1) is 16.7 Å². The van der Waals surface area contributed by atoms with Crippen molar-refractivity contribution in [3.63, 3.8) is 0 Å². The van der Waals surface area contributed by atoms with Gasteiger partial charge in [-0.15, -0.1) is 0 Å². The average Bonchev–Trinajstić information content (AvgIpc) is 2.76. The highest BCUT2D eigenvalue weighted by Gasteiger charge is 2.39. The van der Waals surface area contributed by atoms with Gasteiger partial charge in [0.15, 0.2) is 5.84 Å². The number of hydrazone groups is 1. The van der Waals surface area contributed by atoms with Crippen molar-refractivity contribution in [3.05, 3.63) is 24.3 Å². The van der Waals surface area contributed by atoms with Gasteiger partial charge in [-0.25, -0.2) is 8.42 Å². The van der Waals surface area contributed by atoms with Gasteiger partial charge in [0.25, 0.3) is 0 Å². The molecule has 0 spiro atoms. The van der Waals surface area contributed by atoms with Crippen LogP contribution in [0.15, 0.2) is 34.3 Å². The largest absolute Gasteiger partial charge is 0.382 e. The first-order valence-electron chi connectivity index (χ1n) is 10.7. The van der Waals surface area contributed by atoms with E-state index >= 15 is 0 Å². The number of nitrogens with zero attached hydrogens (tertiary/aromatic N) is 3. The van der Waals surface area contributed by atoms with E-state index in [9.17, 15) is 8.42 Å². The van der Waals surface area contributed by atoms with Gasteiger partial charge < -0.3 is 5.73 Å². The molecule has 162 valence electrons. The summed E-state index contributed by atoms with van der Waals surface area (Å²) in [4.78, 5) is 0.144. The minimum atomic E-state index is -3.77. The maximum Gasteiger partial charge on any atom is 0.245 e. The van der Waals surface area contributed by atoms with Gasteiger partial charge in [-0.2, -0.15) is 14.7 Å². The van der Waals surface area contributed by atoms with Crippen LogP contribution in [0.3, 0.4) is 0 Å². The zero-order chi connectivity index (χ0) is 21.6. The van der Waals surface area contributed by atoms with Crippen LogP contribution in [0.25, 0.3) is 0 Å². The third-order valence-corrected chi connectivity index (χ3v) is 8.02. The number of nitrogens with two attached hydrogens (primary N) is 1. The van der Waals surface area contributed by atoms with Gasteiger partial charge in [-0.3, -0.25) is 10.8 Å². The van der Waals surface area contributed by atoms with Gasteiger partial charge in [0.2, 0.25) is 15.7 Å². The van der Waals surface area contributed by atoms with Crippen molar-refractivity contribution in [2.75, 3.05) is 5.43 Å². The number of nitriles is 1. The Morgan fingerprint density at radius 2 is 1.60 bits per heavy atom. The fraction of sp³-hybridized carbons (Fsp3) is 0.571. The lowest BCUT2D eigenvalue weighted by molar-refractivity contribution is 0.170. The van der Waals surface area contributed by atoms with Gasteiger partial charge in [-0.05, 0) is 37.8 Å². The first-order valence-corrected chi connectivity index (χ1v) is 12.1. The summed E-state index contributed by atoms with van der Waals surface area (Å²) in [5.41, 5.74) is 7.98. The molecule has 3 rings (SSSR count). The number of benzene rings is 1. The molecule has 2 aliphatic carbocycles. The lowest BCUT2D eigenvalue weighted by Crippen LogP contribution is -2.48. The first-order chi connectivity index (χ1) is 14.4. The Labute approximate surface area is 178 Å². The topological polar surface area (TPSA) is 135 Å².